The third kappa shape index (κ3) is 3.59. The number of amides is 1. The molecule has 0 spiro atoms. The lowest BCUT2D eigenvalue weighted by Gasteiger charge is -2.21. The zero-order chi connectivity index (χ0) is 13.8. The summed E-state index contributed by atoms with van der Waals surface area (Å²) in [5.74, 6) is -0.00111. The standard InChI is InChI=1S/C14H22BrN3O/c1-3-18-13(9-10(2)17-18)14(19)16-12-8-6-4-5-7-11(12)15/h9,11-12H,3-8H2,1-2H3,(H,16,19). The van der Waals surface area contributed by atoms with Gasteiger partial charge in [0.25, 0.3) is 5.91 Å². The Balaban J connectivity index is 2.06. The molecule has 1 aromatic rings. The highest BCUT2D eigenvalue weighted by Crippen LogP contribution is 2.24. The number of halogens is 1. The van der Waals surface area contributed by atoms with Gasteiger partial charge in [-0.1, -0.05) is 35.2 Å². The van der Waals surface area contributed by atoms with Gasteiger partial charge < -0.3 is 5.32 Å². The summed E-state index contributed by atoms with van der Waals surface area (Å²) in [6.07, 6.45) is 5.89. The van der Waals surface area contributed by atoms with Crippen molar-refractivity contribution < 1.29 is 4.79 Å². The number of carbonyl (C=O) groups excluding carboxylic acids is 1. The van der Waals surface area contributed by atoms with Crippen LogP contribution in [0, 0.1) is 6.92 Å². The topological polar surface area (TPSA) is 46.9 Å². The van der Waals surface area contributed by atoms with Crippen molar-refractivity contribution in [1.29, 1.82) is 0 Å². The number of aromatic nitrogens is 2. The van der Waals surface area contributed by atoms with Gasteiger partial charge in [0.2, 0.25) is 0 Å². The maximum absolute atomic E-state index is 12.4. The number of hydrogen-bond acceptors (Lipinski definition) is 2. The van der Waals surface area contributed by atoms with Crippen LogP contribution in [-0.4, -0.2) is 26.6 Å². The fourth-order valence-electron chi connectivity index (χ4n) is 2.64. The van der Waals surface area contributed by atoms with E-state index in [-0.39, 0.29) is 11.9 Å². The van der Waals surface area contributed by atoms with Crippen molar-refractivity contribution in [3.63, 3.8) is 0 Å². The average Bonchev–Trinajstić information content (AvgIpc) is 2.66. The number of nitrogens with zero attached hydrogens (tertiary/aromatic N) is 2. The number of aryl methyl sites for hydroxylation is 2. The average molecular weight is 328 g/mol. The molecule has 1 aromatic heterocycles. The molecule has 1 heterocycles. The Morgan fingerprint density at radius 3 is 2.95 bits per heavy atom. The first-order valence-electron chi connectivity index (χ1n) is 7.11. The highest BCUT2D eigenvalue weighted by atomic mass is 79.9. The first-order chi connectivity index (χ1) is 9.11. The highest BCUT2D eigenvalue weighted by molar-refractivity contribution is 9.09. The predicted molar refractivity (Wildman–Crippen MR) is 79.7 cm³/mol. The maximum atomic E-state index is 12.4. The van der Waals surface area contributed by atoms with Gasteiger partial charge in [0.05, 0.1) is 5.69 Å². The van der Waals surface area contributed by atoms with Crippen LogP contribution in [-0.2, 0) is 6.54 Å². The van der Waals surface area contributed by atoms with Gasteiger partial charge >= 0.3 is 0 Å². The molecule has 1 aliphatic carbocycles. The number of hydrogen-bond donors (Lipinski definition) is 1. The molecule has 5 heteroatoms. The van der Waals surface area contributed by atoms with Crippen molar-refractivity contribution in [2.45, 2.75) is 63.4 Å². The summed E-state index contributed by atoms with van der Waals surface area (Å²) in [5, 5.41) is 7.49. The van der Waals surface area contributed by atoms with Gasteiger partial charge in [0.15, 0.2) is 0 Å². The minimum Gasteiger partial charge on any atom is -0.347 e. The van der Waals surface area contributed by atoms with Crippen LogP contribution in [0.15, 0.2) is 6.07 Å². The minimum absolute atomic E-state index is 0.00111. The van der Waals surface area contributed by atoms with E-state index in [1.807, 2.05) is 19.9 Å². The quantitative estimate of drug-likeness (QED) is 0.685. The molecule has 1 saturated carbocycles. The Morgan fingerprint density at radius 2 is 2.21 bits per heavy atom. The van der Waals surface area contributed by atoms with Gasteiger partial charge in [0.1, 0.15) is 5.69 Å². The Labute approximate surface area is 123 Å². The molecule has 0 aliphatic heterocycles. The maximum Gasteiger partial charge on any atom is 0.269 e. The fraction of sp³-hybridized carbons (Fsp3) is 0.714. The predicted octanol–water partition coefficient (Wildman–Crippen LogP) is 3.04. The van der Waals surface area contributed by atoms with Crippen LogP contribution in [0.2, 0.25) is 0 Å². The van der Waals surface area contributed by atoms with Gasteiger partial charge in [-0.15, -0.1) is 0 Å². The van der Waals surface area contributed by atoms with Crippen LogP contribution < -0.4 is 5.32 Å². The first kappa shape index (κ1) is 14.6. The van der Waals surface area contributed by atoms with E-state index in [9.17, 15) is 4.79 Å². The lowest BCUT2D eigenvalue weighted by molar-refractivity contribution is 0.0924. The van der Waals surface area contributed by atoms with Crippen LogP contribution >= 0.6 is 15.9 Å². The van der Waals surface area contributed by atoms with E-state index in [2.05, 4.69) is 26.3 Å². The second-order valence-electron chi connectivity index (χ2n) is 5.22. The van der Waals surface area contributed by atoms with E-state index in [1.54, 1.807) is 4.68 Å². The van der Waals surface area contributed by atoms with E-state index in [0.29, 0.717) is 10.5 Å². The fourth-order valence-corrected chi connectivity index (χ4v) is 3.36. The molecule has 4 nitrogen and oxygen atoms in total. The summed E-state index contributed by atoms with van der Waals surface area (Å²) in [7, 11) is 0. The SMILES string of the molecule is CCn1nc(C)cc1C(=O)NC1CCCCCC1Br. The van der Waals surface area contributed by atoms with Crippen molar-refractivity contribution in [2.75, 3.05) is 0 Å². The molecule has 2 unspecified atom stereocenters. The van der Waals surface area contributed by atoms with Crippen molar-refractivity contribution in [3.8, 4) is 0 Å². The highest BCUT2D eigenvalue weighted by Gasteiger charge is 2.24. The molecule has 1 fully saturated rings. The van der Waals surface area contributed by atoms with Crippen LogP contribution in [0.1, 0.15) is 55.2 Å². The Hall–Kier alpha value is -0.840. The van der Waals surface area contributed by atoms with Crippen LogP contribution in [0.25, 0.3) is 0 Å². The van der Waals surface area contributed by atoms with Gasteiger partial charge in [0, 0.05) is 17.4 Å². The third-order valence-corrected chi connectivity index (χ3v) is 4.78. The van der Waals surface area contributed by atoms with Crippen LogP contribution in [0.4, 0.5) is 0 Å². The molecule has 2 atom stereocenters. The number of alkyl halides is 1. The third-order valence-electron chi connectivity index (χ3n) is 3.68. The number of rotatable bonds is 3. The summed E-state index contributed by atoms with van der Waals surface area (Å²) in [4.78, 5) is 12.8. The van der Waals surface area contributed by atoms with E-state index < -0.39 is 0 Å². The van der Waals surface area contributed by atoms with Crippen molar-refractivity contribution in [1.82, 2.24) is 15.1 Å². The Morgan fingerprint density at radius 1 is 1.47 bits per heavy atom. The second-order valence-corrected chi connectivity index (χ2v) is 6.40. The van der Waals surface area contributed by atoms with Gasteiger partial charge in [-0.3, -0.25) is 9.48 Å². The van der Waals surface area contributed by atoms with E-state index in [0.717, 1.165) is 25.1 Å². The summed E-state index contributed by atoms with van der Waals surface area (Å²) >= 11 is 3.71. The van der Waals surface area contributed by atoms with E-state index in [4.69, 9.17) is 0 Å². The van der Waals surface area contributed by atoms with E-state index >= 15 is 0 Å². The Kier molecular flexibility index (Phi) is 5.02. The summed E-state index contributed by atoms with van der Waals surface area (Å²) in [6.45, 7) is 4.64. The van der Waals surface area contributed by atoms with E-state index in [1.165, 1.54) is 19.3 Å². The molecule has 1 N–H and O–H groups in total. The first-order valence-corrected chi connectivity index (χ1v) is 8.02. The normalized spacial score (nSPS) is 23.9. The number of nitrogens with one attached hydrogen (secondary N) is 1. The molecule has 1 aliphatic rings. The summed E-state index contributed by atoms with van der Waals surface area (Å²) in [5.41, 5.74) is 1.56. The zero-order valence-corrected chi connectivity index (χ0v) is 13.2. The molecule has 19 heavy (non-hydrogen) atoms. The van der Waals surface area contributed by atoms with Crippen molar-refractivity contribution in [2.24, 2.45) is 0 Å². The molecular formula is C14H22BrN3O. The van der Waals surface area contributed by atoms with Gasteiger partial charge in [-0.25, -0.2) is 0 Å². The van der Waals surface area contributed by atoms with Crippen LogP contribution in [0.5, 0.6) is 0 Å². The van der Waals surface area contributed by atoms with Crippen molar-refractivity contribution in [3.05, 3.63) is 17.5 Å². The van der Waals surface area contributed by atoms with Gasteiger partial charge in [-0.2, -0.15) is 5.10 Å². The summed E-state index contributed by atoms with van der Waals surface area (Å²) < 4.78 is 1.77. The zero-order valence-electron chi connectivity index (χ0n) is 11.7. The monoisotopic (exact) mass is 327 g/mol. The lowest BCUT2D eigenvalue weighted by atomic mass is 10.1. The van der Waals surface area contributed by atoms with Crippen LogP contribution in [0.3, 0.4) is 0 Å². The molecule has 0 saturated heterocycles. The van der Waals surface area contributed by atoms with Crippen molar-refractivity contribution >= 4 is 21.8 Å². The largest absolute Gasteiger partial charge is 0.347 e. The smallest absolute Gasteiger partial charge is 0.269 e. The molecule has 0 bridgehead atoms. The molecule has 2 rings (SSSR count). The second kappa shape index (κ2) is 6.55. The number of carbonyl (C=O) groups is 1. The molecule has 1 amide bonds. The summed E-state index contributed by atoms with van der Waals surface area (Å²) in [6, 6.07) is 2.09. The Bertz CT molecular complexity index is 444. The minimum atomic E-state index is -0.00111. The van der Waals surface area contributed by atoms with Gasteiger partial charge in [-0.05, 0) is 32.8 Å². The lowest BCUT2D eigenvalue weighted by Crippen LogP contribution is -2.41. The molecule has 0 aromatic carbocycles. The molecular weight excluding hydrogens is 306 g/mol. The molecule has 0 radical (unpaired) electrons. The molecule has 106 valence electrons.